The summed E-state index contributed by atoms with van der Waals surface area (Å²) in [6.07, 6.45) is 1.92. The molecule has 1 aromatic rings. The Morgan fingerprint density at radius 1 is 1.46 bits per heavy atom. The molecule has 66 valence electrons. The van der Waals surface area contributed by atoms with E-state index in [9.17, 15) is 0 Å². The van der Waals surface area contributed by atoms with Crippen molar-refractivity contribution in [3.63, 3.8) is 0 Å². The zero-order valence-corrected chi connectivity index (χ0v) is 7.80. The van der Waals surface area contributed by atoms with Crippen LogP contribution in [0.3, 0.4) is 0 Å². The van der Waals surface area contributed by atoms with Gasteiger partial charge in [-0.3, -0.25) is 0 Å². The molecule has 1 fully saturated rings. The van der Waals surface area contributed by atoms with Gasteiger partial charge in [0.1, 0.15) is 0 Å². The molecule has 3 heteroatoms. The fourth-order valence-corrected chi connectivity index (χ4v) is 1.62. The lowest BCUT2D eigenvalue weighted by Gasteiger charge is -2.10. The van der Waals surface area contributed by atoms with E-state index in [1.165, 1.54) is 0 Å². The summed E-state index contributed by atoms with van der Waals surface area (Å²) in [6, 6.07) is 7.43. The molecule has 2 N–H and O–H groups in total. The molecule has 0 heterocycles. The number of hydrogen-bond acceptors (Lipinski definition) is 2. The molecule has 2 rings (SSSR count). The lowest BCUT2D eigenvalue weighted by molar-refractivity contribution is 0.737. The van der Waals surface area contributed by atoms with Gasteiger partial charge in [0.15, 0.2) is 0 Å². The Morgan fingerprint density at radius 2 is 2.15 bits per heavy atom. The van der Waals surface area contributed by atoms with Gasteiger partial charge >= 0.3 is 0 Å². The van der Waals surface area contributed by atoms with Crippen molar-refractivity contribution in [1.82, 2.24) is 0 Å². The average molecular weight is 193 g/mol. The summed E-state index contributed by atoms with van der Waals surface area (Å²) >= 11 is 5.77. The molecule has 0 saturated heterocycles. The summed E-state index contributed by atoms with van der Waals surface area (Å²) in [5.74, 6) is 0. The Hall–Kier alpha value is -1.04. The Kier molecular flexibility index (Phi) is 1.80. The molecule has 0 radical (unpaired) electrons. The zero-order valence-electron chi connectivity index (χ0n) is 7.05. The molecule has 0 spiro atoms. The van der Waals surface area contributed by atoms with Crippen molar-refractivity contribution >= 4 is 11.6 Å². The third-order valence-corrected chi connectivity index (χ3v) is 2.66. The molecule has 1 aromatic carbocycles. The Balaban J connectivity index is 2.52. The fourth-order valence-electron chi connectivity index (χ4n) is 1.45. The van der Waals surface area contributed by atoms with Gasteiger partial charge in [-0.1, -0.05) is 17.7 Å². The summed E-state index contributed by atoms with van der Waals surface area (Å²) in [5, 5.41) is 9.46. The van der Waals surface area contributed by atoms with E-state index in [1.54, 1.807) is 12.1 Å². The first-order valence-electron chi connectivity index (χ1n) is 4.15. The first kappa shape index (κ1) is 8.55. The monoisotopic (exact) mass is 192 g/mol. The maximum atomic E-state index is 8.87. The molecule has 1 aliphatic carbocycles. The second-order valence-electron chi connectivity index (χ2n) is 3.46. The van der Waals surface area contributed by atoms with Crippen LogP contribution in [0.4, 0.5) is 0 Å². The molecule has 0 atom stereocenters. The fraction of sp³-hybridized carbons (Fsp3) is 0.300. The van der Waals surface area contributed by atoms with Gasteiger partial charge in [-0.05, 0) is 30.5 Å². The van der Waals surface area contributed by atoms with E-state index < -0.39 is 0 Å². The van der Waals surface area contributed by atoms with E-state index in [0.717, 1.165) is 18.4 Å². The van der Waals surface area contributed by atoms with E-state index in [0.29, 0.717) is 10.6 Å². The molecule has 1 aliphatic rings. The van der Waals surface area contributed by atoms with Crippen LogP contribution in [-0.2, 0) is 5.54 Å². The lowest BCUT2D eigenvalue weighted by atomic mass is 10.00. The molecule has 0 aromatic heterocycles. The minimum absolute atomic E-state index is 0.254. The molecule has 0 bridgehead atoms. The largest absolute Gasteiger partial charge is 0.321 e. The highest BCUT2D eigenvalue weighted by Gasteiger charge is 2.41. The number of nitrogens with two attached hydrogens (primary N) is 1. The molecule has 13 heavy (non-hydrogen) atoms. The normalized spacial score (nSPS) is 17.9. The van der Waals surface area contributed by atoms with Crippen molar-refractivity contribution < 1.29 is 0 Å². The zero-order chi connectivity index (χ0) is 9.47. The molecular weight excluding hydrogens is 184 g/mol. The van der Waals surface area contributed by atoms with E-state index in [1.807, 2.05) is 6.07 Å². The van der Waals surface area contributed by atoms with Crippen LogP contribution in [0.2, 0.25) is 5.02 Å². The predicted octanol–water partition coefficient (Wildman–Crippen LogP) is 2.16. The van der Waals surface area contributed by atoms with Crippen LogP contribution in [0.25, 0.3) is 0 Å². The number of nitrogens with zero attached hydrogens (tertiary/aromatic N) is 1. The maximum Gasteiger partial charge on any atom is 0.0995 e. The van der Waals surface area contributed by atoms with Crippen molar-refractivity contribution in [3.8, 4) is 6.07 Å². The number of rotatable bonds is 1. The second-order valence-corrected chi connectivity index (χ2v) is 3.89. The van der Waals surface area contributed by atoms with Gasteiger partial charge in [0.25, 0.3) is 0 Å². The van der Waals surface area contributed by atoms with Crippen LogP contribution in [0.1, 0.15) is 24.0 Å². The predicted molar refractivity (Wildman–Crippen MR) is 51.3 cm³/mol. The molecule has 0 aliphatic heterocycles. The number of halogens is 1. The van der Waals surface area contributed by atoms with Crippen molar-refractivity contribution in [2.24, 2.45) is 5.73 Å². The summed E-state index contributed by atoms with van der Waals surface area (Å²) in [5.41, 5.74) is 7.28. The molecule has 0 unspecified atom stereocenters. The highest BCUT2D eigenvalue weighted by molar-refractivity contribution is 6.30. The first-order chi connectivity index (χ1) is 6.15. The van der Waals surface area contributed by atoms with Crippen molar-refractivity contribution in [2.45, 2.75) is 18.4 Å². The number of nitriles is 1. The summed E-state index contributed by atoms with van der Waals surface area (Å²) in [4.78, 5) is 0. The summed E-state index contributed by atoms with van der Waals surface area (Å²) in [6.45, 7) is 0. The summed E-state index contributed by atoms with van der Waals surface area (Å²) in [7, 11) is 0. The SMILES string of the molecule is N#Cc1cc(Cl)ccc1C1(N)CC1. The first-order valence-corrected chi connectivity index (χ1v) is 4.52. The van der Waals surface area contributed by atoms with Crippen molar-refractivity contribution in [3.05, 3.63) is 34.3 Å². The lowest BCUT2D eigenvalue weighted by Crippen LogP contribution is -2.19. The smallest absolute Gasteiger partial charge is 0.0995 e. The minimum atomic E-state index is -0.254. The van der Waals surface area contributed by atoms with E-state index in [2.05, 4.69) is 6.07 Å². The van der Waals surface area contributed by atoms with Crippen molar-refractivity contribution in [1.29, 1.82) is 5.26 Å². The third-order valence-electron chi connectivity index (χ3n) is 2.43. The minimum Gasteiger partial charge on any atom is -0.321 e. The van der Waals surface area contributed by atoms with E-state index in [4.69, 9.17) is 22.6 Å². The highest BCUT2D eigenvalue weighted by Crippen LogP contribution is 2.44. The summed E-state index contributed by atoms with van der Waals surface area (Å²) < 4.78 is 0. The van der Waals surface area contributed by atoms with Crippen LogP contribution in [0.15, 0.2) is 18.2 Å². The maximum absolute atomic E-state index is 8.87. The molecule has 2 nitrogen and oxygen atoms in total. The van der Waals surface area contributed by atoms with Gasteiger partial charge in [0.05, 0.1) is 11.6 Å². The topological polar surface area (TPSA) is 49.8 Å². The van der Waals surface area contributed by atoms with Crippen LogP contribution >= 0.6 is 11.6 Å². The van der Waals surface area contributed by atoms with Crippen LogP contribution in [-0.4, -0.2) is 0 Å². The molecule has 1 saturated carbocycles. The van der Waals surface area contributed by atoms with Gasteiger partial charge in [0.2, 0.25) is 0 Å². The Labute approximate surface area is 81.9 Å². The second kappa shape index (κ2) is 2.73. The van der Waals surface area contributed by atoms with Gasteiger partial charge in [-0.2, -0.15) is 5.26 Å². The Morgan fingerprint density at radius 3 is 2.69 bits per heavy atom. The number of hydrogen-bond donors (Lipinski definition) is 1. The standard InChI is InChI=1S/C10H9ClN2/c11-8-1-2-9(7(5-8)6-12)10(13)3-4-10/h1-2,5H,3-4,13H2. The molecule has 0 amide bonds. The molecular formula is C10H9ClN2. The third kappa shape index (κ3) is 1.41. The van der Waals surface area contributed by atoms with Crippen LogP contribution in [0.5, 0.6) is 0 Å². The Bertz CT molecular complexity index is 388. The van der Waals surface area contributed by atoms with Crippen molar-refractivity contribution in [2.75, 3.05) is 0 Å². The van der Waals surface area contributed by atoms with E-state index >= 15 is 0 Å². The van der Waals surface area contributed by atoms with Crippen LogP contribution < -0.4 is 5.73 Å². The van der Waals surface area contributed by atoms with Crippen LogP contribution in [0, 0.1) is 11.3 Å². The quantitative estimate of drug-likeness (QED) is 0.742. The van der Waals surface area contributed by atoms with Gasteiger partial charge in [0, 0.05) is 10.6 Å². The van der Waals surface area contributed by atoms with Gasteiger partial charge < -0.3 is 5.73 Å². The highest BCUT2D eigenvalue weighted by atomic mass is 35.5. The van der Waals surface area contributed by atoms with Gasteiger partial charge in [-0.15, -0.1) is 0 Å². The number of benzene rings is 1. The van der Waals surface area contributed by atoms with Gasteiger partial charge in [-0.25, -0.2) is 0 Å². The van der Waals surface area contributed by atoms with E-state index in [-0.39, 0.29) is 5.54 Å². The average Bonchev–Trinajstić information content (AvgIpc) is 2.84.